The second-order valence-electron chi connectivity index (χ2n) is 8.30. The Morgan fingerprint density at radius 1 is 1.28 bits per heavy atom. The van der Waals surface area contributed by atoms with Gasteiger partial charge < -0.3 is 19.4 Å². The maximum Gasteiger partial charge on any atom is 0.253 e. The number of halogens is 1. The average Bonchev–Trinajstić information content (AvgIpc) is 2.74. The summed E-state index contributed by atoms with van der Waals surface area (Å²) in [6, 6.07) is 5.03. The molecule has 1 aromatic carbocycles. The lowest BCUT2D eigenvalue weighted by Gasteiger charge is -2.37. The largest absolute Gasteiger partial charge is 0.381 e. The molecule has 2 saturated heterocycles. The number of amides is 2. The molecule has 0 aromatic heterocycles. The molecule has 2 fully saturated rings. The zero-order chi connectivity index (χ0) is 20.8. The first kappa shape index (κ1) is 21.6. The van der Waals surface area contributed by atoms with Crippen LogP contribution in [0.15, 0.2) is 18.2 Å². The predicted octanol–water partition coefficient (Wildman–Crippen LogP) is 2.77. The molecule has 29 heavy (non-hydrogen) atoms. The summed E-state index contributed by atoms with van der Waals surface area (Å²) in [5.41, 5.74) is 0.921. The Balaban J connectivity index is 1.58. The van der Waals surface area contributed by atoms with Gasteiger partial charge in [0.1, 0.15) is 5.82 Å². The van der Waals surface area contributed by atoms with Crippen LogP contribution in [0.1, 0.15) is 42.5 Å². The van der Waals surface area contributed by atoms with Crippen LogP contribution in [-0.4, -0.2) is 75.1 Å². The topological polar surface area (TPSA) is 53.1 Å². The third kappa shape index (κ3) is 5.47. The number of carbonyl (C=O) groups excluding carboxylic acids is 2. The van der Waals surface area contributed by atoms with E-state index in [1.165, 1.54) is 11.0 Å². The van der Waals surface area contributed by atoms with E-state index in [2.05, 4.69) is 4.90 Å². The molecule has 0 radical (unpaired) electrons. The highest BCUT2D eigenvalue weighted by atomic mass is 19.1. The molecule has 2 amide bonds. The fourth-order valence-electron chi connectivity index (χ4n) is 4.34. The number of rotatable bonds is 7. The molecule has 6 nitrogen and oxygen atoms in total. The van der Waals surface area contributed by atoms with E-state index in [1.54, 1.807) is 26.2 Å². The van der Waals surface area contributed by atoms with Gasteiger partial charge in [-0.3, -0.25) is 9.59 Å². The molecule has 0 bridgehead atoms. The zero-order valence-corrected chi connectivity index (χ0v) is 17.5. The monoisotopic (exact) mass is 405 g/mol. The Hall–Kier alpha value is -2.15. The van der Waals surface area contributed by atoms with Crippen LogP contribution in [0.5, 0.6) is 0 Å². The first-order valence-corrected chi connectivity index (χ1v) is 10.5. The molecular formula is C22H32FN3O3. The third-order valence-electron chi connectivity index (χ3n) is 6.05. The molecule has 160 valence electrons. The summed E-state index contributed by atoms with van der Waals surface area (Å²) in [4.78, 5) is 29.0. The van der Waals surface area contributed by atoms with Gasteiger partial charge in [0.05, 0.1) is 5.69 Å². The SMILES string of the molecule is CN(C)C(=O)c1ccc(N2CCCC(CCN(C=O)C3CCOCC3)C2)c(F)c1. The molecular weight excluding hydrogens is 373 g/mol. The van der Waals surface area contributed by atoms with Crippen molar-refractivity contribution in [2.45, 2.75) is 38.1 Å². The third-order valence-corrected chi connectivity index (χ3v) is 6.05. The van der Waals surface area contributed by atoms with Gasteiger partial charge in [-0.25, -0.2) is 4.39 Å². The number of hydrogen-bond acceptors (Lipinski definition) is 4. The fourth-order valence-corrected chi connectivity index (χ4v) is 4.34. The van der Waals surface area contributed by atoms with E-state index >= 15 is 0 Å². The van der Waals surface area contributed by atoms with Crippen LogP contribution >= 0.6 is 0 Å². The van der Waals surface area contributed by atoms with Gasteiger partial charge in [-0.15, -0.1) is 0 Å². The van der Waals surface area contributed by atoms with Crippen molar-refractivity contribution >= 4 is 18.0 Å². The predicted molar refractivity (Wildman–Crippen MR) is 111 cm³/mol. The Morgan fingerprint density at radius 2 is 2.03 bits per heavy atom. The summed E-state index contributed by atoms with van der Waals surface area (Å²) in [7, 11) is 3.32. The van der Waals surface area contributed by atoms with Gasteiger partial charge in [0.2, 0.25) is 6.41 Å². The average molecular weight is 406 g/mol. The molecule has 2 aliphatic rings. The number of ether oxygens (including phenoxy) is 1. The maximum atomic E-state index is 14.7. The minimum Gasteiger partial charge on any atom is -0.381 e. The Kier molecular flexibility index (Phi) is 7.47. The fraction of sp³-hybridized carbons (Fsp3) is 0.636. The van der Waals surface area contributed by atoms with Gasteiger partial charge in [-0.2, -0.15) is 0 Å². The number of nitrogens with zero attached hydrogens (tertiary/aromatic N) is 3. The van der Waals surface area contributed by atoms with Crippen LogP contribution in [0.3, 0.4) is 0 Å². The van der Waals surface area contributed by atoms with Crippen molar-refractivity contribution in [2.75, 3.05) is 51.8 Å². The highest BCUT2D eigenvalue weighted by Crippen LogP contribution is 2.28. The van der Waals surface area contributed by atoms with Crippen molar-refractivity contribution in [1.29, 1.82) is 0 Å². The van der Waals surface area contributed by atoms with Crippen LogP contribution in [0.4, 0.5) is 10.1 Å². The normalized spacial score (nSPS) is 20.4. The first-order chi connectivity index (χ1) is 14.0. The number of benzene rings is 1. The van der Waals surface area contributed by atoms with Crippen LogP contribution in [-0.2, 0) is 9.53 Å². The Bertz CT molecular complexity index is 707. The summed E-state index contributed by atoms with van der Waals surface area (Å²) in [6.07, 6.45) is 5.79. The minimum atomic E-state index is -0.352. The van der Waals surface area contributed by atoms with Gasteiger partial charge in [0.15, 0.2) is 0 Å². The molecule has 1 aromatic rings. The van der Waals surface area contributed by atoms with Crippen LogP contribution in [0, 0.1) is 11.7 Å². The van der Waals surface area contributed by atoms with Crippen molar-refractivity contribution in [2.24, 2.45) is 5.92 Å². The van der Waals surface area contributed by atoms with Crippen molar-refractivity contribution in [3.63, 3.8) is 0 Å². The lowest BCUT2D eigenvalue weighted by Crippen LogP contribution is -2.41. The molecule has 0 spiro atoms. The van der Waals surface area contributed by atoms with Crippen LogP contribution in [0.25, 0.3) is 0 Å². The van der Waals surface area contributed by atoms with Crippen molar-refractivity contribution in [3.8, 4) is 0 Å². The van der Waals surface area contributed by atoms with E-state index in [0.717, 1.165) is 71.4 Å². The molecule has 2 aliphatic heterocycles. The molecule has 0 N–H and O–H groups in total. The maximum absolute atomic E-state index is 14.7. The summed E-state index contributed by atoms with van der Waals surface area (Å²) in [6.45, 7) is 3.77. The molecule has 2 heterocycles. The molecule has 0 aliphatic carbocycles. The van der Waals surface area contributed by atoms with E-state index in [9.17, 15) is 14.0 Å². The Morgan fingerprint density at radius 3 is 2.69 bits per heavy atom. The summed E-state index contributed by atoms with van der Waals surface area (Å²) < 4.78 is 20.1. The number of hydrogen-bond donors (Lipinski definition) is 0. The summed E-state index contributed by atoms with van der Waals surface area (Å²) >= 11 is 0. The molecule has 1 atom stereocenters. The van der Waals surface area contributed by atoms with Crippen molar-refractivity contribution in [1.82, 2.24) is 9.80 Å². The van der Waals surface area contributed by atoms with Gasteiger partial charge in [0.25, 0.3) is 5.91 Å². The van der Waals surface area contributed by atoms with Crippen LogP contribution < -0.4 is 4.90 Å². The first-order valence-electron chi connectivity index (χ1n) is 10.5. The molecule has 7 heteroatoms. The quantitative estimate of drug-likeness (QED) is 0.655. The zero-order valence-electron chi connectivity index (χ0n) is 17.5. The van der Waals surface area contributed by atoms with E-state index in [0.29, 0.717) is 17.2 Å². The lowest BCUT2D eigenvalue weighted by molar-refractivity contribution is -0.122. The lowest BCUT2D eigenvalue weighted by atomic mass is 9.93. The van der Waals surface area contributed by atoms with E-state index in [4.69, 9.17) is 4.74 Å². The smallest absolute Gasteiger partial charge is 0.253 e. The number of anilines is 1. The molecule has 0 saturated carbocycles. The molecule has 1 unspecified atom stereocenters. The van der Waals surface area contributed by atoms with Gasteiger partial charge in [-0.05, 0) is 56.2 Å². The van der Waals surface area contributed by atoms with E-state index < -0.39 is 0 Å². The van der Waals surface area contributed by atoms with E-state index in [1.807, 2.05) is 4.90 Å². The second kappa shape index (κ2) is 10.1. The van der Waals surface area contributed by atoms with Gasteiger partial charge in [0, 0.05) is 58.5 Å². The van der Waals surface area contributed by atoms with Gasteiger partial charge in [-0.1, -0.05) is 0 Å². The van der Waals surface area contributed by atoms with Crippen molar-refractivity contribution in [3.05, 3.63) is 29.6 Å². The summed E-state index contributed by atoms with van der Waals surface area (Å²) in [5, 5.41) is 0. The van der Waals surface area contributed by atoms with Crippen molar-refractivity contribution < 1.29 is 18.7 Å². The highest BCUT2D eigenvalue weighted by molar-refractivity contribution is 5.94. The van der Waals surface area contributed by atoms with E-state index in [-0.39, 0.29) is 17.8 Å². The minimum absolute atomic E-state index is 0.200. The van der Waals surface area contributed by atoms with Crippen LogP contribution in [0.2, 0.25) is 0 Å². The number of carbonyl (C=O) groups is 2. The highest BCUT2D eigenvalue weighted by Gasteiger charge is 2.25. The summed E-state index contributed by atoms with van der Waals surface area (Å²) in [5.74, 6) is -0.127. The van der Waals surface area contributed by atoms with Gasteiger partial charge >= 0.3 is 0 Å². The second-order valence-corrected chi connectivity index (χ2v) is 8.30. The standard InChI is InChI=1S/C22H32FN3O3/c1-24(2)22(28)18-5-6-21(20(23)14-18)25-10-3-4-17(15-25)7-11-26(16-27)19-8-12-29-13-9-19/h5-6,14,16-17,19H,3-4,7-13,15H2,1-2H3. The number of piperidine rings is 1. The molecule has 3 rings (SSSR count). The Labute approximate surface area is 172 Å².